The molecule has 0 unspecified atom stereocenters. The second-order valence-electron chi connectivity index (χ2n) is 10.0. The Balaban J connectivity index is 1.54. The zero-order valence-electron chi connectivity index (χ0n) is 24.5. The topological polar surface area (TPSA) is 240 Å². The fourth-order valence-corrected chi connectivity index (χ4v) is 4.46. The third-order valence-electron chi connectivity index (χ3n) is 6.97. The molecule has 2 fully saturated rings. The molecule has 2 heterocycles. The van der Waals surface area contributed by atoms with Crippen molar-refractivity contribution in [2.24, 2.45) is 0 Å². The first-order valence-corrected chi connectivity index (χ1v) is 13.8. The molecule has 0 aromatic heterocycles. The Kier molecular flexibility index (Phi) is 11.5. The zero-order chi connectivity index (χ0) is 33.5. The van der Waals surface area contributed by atoms with Crippen molar-refractivity contribution in [3.63, 3.8) is 0 Å². The van der Waals surface area contributed by atoms with Crippen LogP contribution in [0.25, 0.3) is 12.2 Å². The van der Waals surface area contributed by atoms with E-state index in [-0.39, 0.29) is 23.0 Å². The molecule has 2 aromatic rings. The summed E-state index contributed by atoms with van der Waals surface area (Å²) in [6, 6.07) is 8.52. The summed E-state index contributed by atoms with van der Waals surface area (Å²) >= 11 is 0. The molecule has 0 radical (unpaired) electrons. The highest BCUT2D eigenvalue weighted by molar-refractivity contribution is 5.92. The summed E-state index contributed by atoms with van der Waals surface area (Å²) in [5, 5.41) is 68.5. The van der Waals surface area contributed by atoms with Gasteiger partial charge in [-0.15, -0.1) is 0 Å². The number of ether oxygens (including phenoxy) is 7. The number of phenols is 1. The van der Waals surface area contributed by atoms with Crippen LogP contribution in [0.3, 0.4) is 0 Å². The van der Waals surface area contributed by atoms with Gasteiger partial charge in [0.2, 0.25) is 18.3 Å². The number of aromatic hydroxyl groups is 1. The fraction of sp³-hybridized carbons (Fsp3) is 0.400. The van der Waals surface area contributed by atoms with Gasteiger partial charge < -0.3 is 68.9 Å². The first-order valence-electron chi connectivity index (χ1n) is 13.8. The summed E-state index contributed by atoms with van der Waals surface area (Å²) in [7, 11) is 2.65. The third kappa shape index (κ3) is 7.93. The second-order valence-corrected chi connectivity index (χ2v) is 10.0. The molecule has 7 N–H and O–H groups in total. The molecule has 0 bridgehead atoms. The first kappa shape index (κ1) is 34.6. The number of carbonyl (C=O) groups excluding carboxylic acids is 2. The number of benzene rings is 2. The summed E-state index contributed by atoms with van der Waals surface area (Å²) in [5.74, 6) is -2.48. The highest BCUT2D eigenvalue weighted by Crippen LogP contribution is 2.33. The molecule has 0 aliphatic carbocycles. The van der Waals surface area contributed by atoms with Crippen LogP contribution in [-0.2, 0) is 28.5 Å². The predicted molar refractivity (Wildman–Crippen MR) is 153 cm³/mol. The number of aliphatic hydroxyl groups excluding tert-OH is 6. The Bertz CT molecular complexity index is 1440. The quantitative estimate of drug-likeness (QED) is 0.0811. The molecule has 4 rings (SSSR count). The average molecular weight is 651 g/mol. The van der Waals surface area contributed by atoms with Crippen molar-refractivity contribution in [1.29, 1.82) is 0 Å². The molecule has 0 amide bonds. The number of aliphatic hydroxyl groups is 6. The summed E-state index contributed by atoms with van der Waals surface area (Å²) in [5.41, 5.74) is 0.735. The van der Waals surface area contributed by atoms with E-state index in [4.69, 9.17) is 33.2 Å². The van der Waals surface area contributed by atoms with Gasteiger partial charge in [-0.1, -0.05) is 12.1 Å². The number of phenolic OH excluding ortho intramolecular Hbond substituents is 1. The van der Waals surface area contributed by atoms with Gasteiger partial charge in [-0.3, -0.25) is 0 Å². The molecule has 16 nitrogen and oxygen atoms in total. The van der Waals surface area contributed by atoms with Gasteiger partial charge in [-0.2, -0.15) is 0 Å². The lowest BCUT2D eigenvalue weighted by Crippen LogP contribution is -2.35. The highest BCUT2D eigenvalue weighted by atomic mass is 16.7. The van der Waals surface area contributed by atoms with Gasteiger partial charge in [-0.05, 0) is 47.5 Å². The third-order valence-corrected chi connectivity index (χ3v) is 6.97. The summed E-state index contributed by atoms with van der Waals surface area (Å²) in [4.78, 5) is 25.5. The van der Waals surface area contributed by atoms with Gasteiger partial charge >= 0.3 is 11.9 Å². The minimum absolute atomic E-state index is 0.00355. The SMILES string of the molecule is COc1cc(/C=C(/Oc2ccc(/C=C/C(=O)O[C@@H]3O[C@@H](CO)[C@H](O)[C@H]3O)cc2OC)C(=O)O[C@@H]2O[C@@H](CO)[C@H](O)[C@H]2O)ccc1O. The highest BCUT2D eigenvalue weighted by Gasteiger charge is 2.46. The zero-order valence-corrected chi connectivity index (χ0v) is 24.5. The number of hydrogen-bond acceptors (Lipinski definition) is 16. The lowest BCUT2D eigenvalue weighted by molar-refractivity contribution is -0.187. The Morgan fingerprint density at radius 3 is 1.89 bits per heavy atom. The van der Waals surface area contributed by atoms with E-state index in [1.165, 1.54) is 62.8 Å². The van der Waals surface area contributed by atoms with Crippen LogP contribution in [-0.4, -0.2) is 124 Å². The molecular weight excluding hydrogens is 616 g/mol. The van der Waals surface area contributed by atoms with Gasteiger partial charge in [0.1, 0.15) is 36.6 Å². The molecule has 0 saturated carbocycles. The van der Waals surface area contributed by atoms with Crippen LogP contribution in [0.5, 0.6) is 23.0 Å². The minimum Gasteiger partial charge on any atom is -0.504 e. The van der Waals surface area contributed by atoms with Gasteiger partial charge in [0, 0.05) is 6.08 Å². The van der Waals surface area contributed by atoms with Crippen LogP contribution in [0.4, 0.5) is 0 Å². The summed E-state index contributed by atoms with van der Waals surface area (Å²) in [6.45, 7) is -1.23. The van der Waals surface area contributed by atoms with Crippen LogP contribution in [0, 0.1) is 0 Å². The van der Waals surface area contributed by atoms with Crippen LogP contribution >= 0.6 is 0 Å². The maximum Gasteiger partial charge on any atom is 0.376 e. The van der Waals surface area contributed by atoms with E-state index in [9.17, 15) is 45.3 Å². The average Bonchev–Trinajstić information content (AvgIpc) is 3.48. The van der Waals surface area contributed by atoms with Gasteiger partial charge in [0.15, 0.2) is 23.0 Å². The Morgan fingerprint density at radius 1 is 0.761 bits per heavy atom. The van der Waals surface area contributed by atoms with Crippen molar-refractivity contribution in [3.8, 4) is 23.0 Å². The van der Waals surface area contributed by atoms with Crippen LogP contribution in [0.15, 0.2) is 48.2 Å². The fourth-order valence-electron chi connectivity index (χ4n) is 4.46. The van der Waals surface area contributed by atoms with Crippen molar-refractivity contribution in [2.75, 3.05) is 27.4 Å². The smallest absolute Gasteiger partial charge is 0.376 e. The second kappa shape index (κ2) is 15.4. The van der Waals surface area contributed by atoms with Crippen molar-refractivity contribution in [3.05, 3.63) is 59.4 Å². The van der Waals surface area contributed by atoms with Crippen molar-refractivity contribution in [1.82, 2.24) is 0 Å². The Hall–Kier alpha value is -4.26. The first-order chi connectivity index (χ1) is 22.0. The van der Waals surface area contributed by atoms with E-state index in [1.807, 2.05) is 0 Å². The van der Waals surface area contributed by atoms with E-state index in [0.29, 0.717) is 11.1 Å². The van der Waals surface area contributed by atoms with Crippen LogP contribution < -0.4 is 14.2 Å². The van der Waals surface area contributed by atoms with Crippen LogP contribution in [0.2, 0.25) is 0 Å². The van der Waals surface area contributed by atoms with Gasteiger partial charge in [0.25, 0.3) is 0 Å². The summed E-state index contributed by atoms with van der Waals surface area (Å²) < 4.78 is 36.9. The van der Waals surface area contributed by atoms with Crippen molar-refractivity contribution >= 4 is 24.1 Å². The van der Waals surface area contributed by atoms with E-state index in [0.717, 1.165) is 6.08 Å². The molecule has 2 aromatic carbocycles. The number of methoxy groups -OCH3 is 2. The number of hydrogen-bond donors (Lipinski definition) is 7. The molecule has 2 aliphatic heterocycles. The maximum absolute atomic E-state index is 13.3. The lowest BCUT2D eigenvalue weighted by Gasteiger charge is -2.18. The minimum atomic E-state index is -1.66. The summed E-state index contributed by atoms with van der Waals surface area (Å²) in [6.07, 6.45) is -7.98. The monoisotopic (exact) mass is 650 g/mol. The normalized spacial score (nSPS) is 27.9. The Labute approximate surface area is 261 Å². The molecule has 8 atom stereocenters. The molecular formula is C30H34O16. The lowest BCUT2D eigenvalue weighted by atomic mass is 10.1. The molecule has 250 valence electrons. The van der Waals surface area contributed by atoms with Crippen molar-refractivity contribution < 1.29 is 78.5 Å². The number of rotatable bonds is 12. The number of carbonyl (C=O) groups is 2. The van der Waals surface area contributed by atoms with Gasteiger partial charge in [0.05, 0.1) is 27.4 Å². The molecule has 16 heteroatoms. The molecule has 2 aliphatic rings. The van der Waals surface area contributed by atoms with Crippen LogP contribution in [0.1, 0.15) is 11.1 Å². The molecule has 46 heavy (non-hydrogen) atoms. The van der Waals surface area contributed by atoms with Gasteiger partial charge in [-0.25, -0.2) is 9.59 Å². The van der Waals surface area contributed by atoms with E-state index in [2.05, 4.69) is 0 Å². The number of esters is 2. The Morgan fingerprint density at radius 2 is 1.33 bits per heavy atom. The van der Waals surface area contributed by atoms with E-state index < -0.39 is 80.1 Å². The predicted octanol–water partition coefficient (Wildman–Crippen LogP) is -1.19. The van der Waals surface area contributed by atoms with E-state index >= 15 is 0 Å². The van der Waals surface area contributed by atoms with E-state index in [1.54, 1.807) is 0 Å². The largest absolute Gasteiger partial charge is 0.504 e. The maximum atomic E-state index is 13.3. The van der Waals surface area contributed by atoms with Crippen molar-refractivity contribution in [2.45, 2.75) is 49.2 Å². The standard InChI is InChI=1S/C30H34O16/c1-40-18-10-15(3-6-16(18)33)11-20(28(39)46-30-27(38)25(36)22(13-32)44-30)42-17-7-4-14(9-19(17)41-2)5-8-23(34)45-29-26(37)24(35)21(12-31)43-29/h3-11,21-22,24-27,29-33,35-38H,12-13H2,1-2H3/b8-5+,20-11+/t21-,22-,24-,25-,26+,27+,29-,30-/m0/s1. The molecule has 0 spiro atoms. The molecule has 2 saturated heterocycles.